The summed E-state index contributed by atoms with van der Waals surface area (Å²) in [6.45, 7) is 10.5. The summed E-state index contributed by atoms with van der Waals surface area (Å²) in [5.41, 5.74) is 5.48. The van der Waals surface area contributed by atoms with Crippen LogP contribution in [0.4, 0.5) is 4.39 Å². The maximum absolute atomic E-state index is 14.5. The molecule has 204 valence electrons. The Kier molecular flexibility index (Phi) is 6.50. The number of halogens is 1. The third-order valence-corrected chi connectivity index (χ3v) is 7.89. The van der Waals surface area contributed by atoms with Crippen LogP contribution < -0.4 is 4.74 Å². The summed E-state index contributed by atoms with van der Waals surface area (Å²) in [5.74, 6) is -0.0381. The highest BCUT2D eigenvalue weighted by molar-refractivity contribution is 7.18. The van der Waals surface area contributed by atoms with E-state index >= 15 is 0 Å². The molecule has 1 aliphatic heterocycles. The van der Waals surface area contributed by atoms with Crippen molar-refractivity contribution in [3.05, 3.63) is 72.3 Å². The number of ether oxygens (including phenoxy) is 1. The summed E-state index contributed by atoms with van der Waals surface area (Å²) in [6.07, 6.45) is 4.93. The molecule has 1 amide bonds. The highest BCUT2D eigenvalue weighted by Gasteiger charge is 2.29. The molecule has 0 bridgehead atoms. The molecular formula is C30H29FN6O2S. The highest BCUT2D eigenvalue weighted by atomic mass is 32.1. The topological polar surface area (TPSA) is 78.1 Å². The number of thiophene rings is 1. The summed E-state index contributed by atoms with van der Waals surface area (Å²) in [5, 5.41) is 12.4. The van der Waals surface area contributed by atoms with Gasteiger partial charge in [-0.05, 0) is 56.5 Å². The van der Waals surface area contributed by atoms with Crippen molar-refractivity contribution in [3.63, 3.8) is 0 Å². The van der Waals surface area contributed by atoms with Crippen LogP contribution in [0.3, 0.4) is 0 Å². The number of fused-ring (bicyclic) bond motifs is 2. The predicted octanol–water partition coefficient (Wildman–Crippen LogP) is 6.24. The molecule has 0 saturated carbocycles. The molecule has 0 radical (unpaired) electrons. The molecule has 6 rings (SSSR count). The minimum absolute atomic E-state index is 0.0289. The molecule has 4 aromatic heterocycles. The molecular weight excluding hydrogens is 527 g/mol. The first-order chi connectivity index (χ1) is 19.2. The van der Waals surface area contributed by atoms with E-state index in [0.717, 1.165) is 38.2 Å². The number of carbonyl (C=O) groups excluding carboxylic acids is 1. The van der Waals surface area contributed by atoms with Crippen molar-refractivity contribution in [2.45, 2.75) is 39.5 Å². The van der Waals surface area contributed by atoms with Crippen molar-refractivity contribution in [3.8, 4) is 39.5 Å². The molecule has 1 aromatic carbocycles. The van der Waals surface area contributed by atoms with Gasteiger partial charge in [0.15, 0.2) is 0 Å². The summed E-state index contributed by atoms with van der Waals surface area (Å²) in [6, 6.07) is 8.63. The van der Waals surface area contributed by atoms with Gasteiger partial charge in [-0.1, -0.05) is 6.58 Å². The van der Waals surface area contributed by atoms with Gasteiger partial charge in [-0.2, -0.15) is 10.2 Å². The molecule has 40 heavy (non-hydrogen) atoms. The first-order valence-corrected chi connectivity index (χ1v) is 14.0. The van der Waals surface area contributed by atoms with E-state index in [1.54, 1.807) is 33.2 Å². The number of hydrogen-bond donors (Lipinski definition) is 0. The van der Waals surface area contributed by atoms with E-state index in [1.807, 2.05) is 56.2 Å². The highest BCUT2D eigenvalue weighted by Crippen LogP contribution is 2.46. The lowest BCUT2D eigenvalue weighted by atomic mass is 9.97. The summed E-state index contributed by atoms with van der Waals surface area (Å²) < 4.78 is 25.3. The molecule has 0 fully saturated rings. The maximum atomic E-state index is 14.5. The van der Waals surface area contributed by atoms with Gasteiger partial charge in [-0.25, -0.2) is 9.37 Å². The first-order valence-electron chi connectivity index (χ1n) is 13.1. The molecule has 0 N–H and O–H groups in total. The van der Waals surface area contributed by atoms with Crippen LogP contribution in [-0.2, 0) is 18.4 Å². The Labute approximate surface area is 235 Å². The number of aryl methyl sites for hydroxylation is 1. The van der Waals surface area contributed by atoms with Crippen LogP contribution in [0.15, 0.2) is 60.8 Å². The Morgan fingerprint density at radius 1 is 1.25 bits per heavy atom. The maximum Gasteiger partial charge on any atom is 0.246 e. The van der Waals surface area contributed by atoms with Crippen molar-refractivity contribution in [2.75, 3.05) is 6.54 Å². The average molecular weight is 557 g/mol. The predicted molar refractivity (Wildman–Crippen MR) is 155 cm³/mol. The molecule has 5 heterocycles. The van der Waals surface area contributed by atoms with Gasteiger partial charge >= 0.3 is 0 Å². The number of nitrogens with zero attached hydrogens (tertiary/aromatic N) is 6. The zero-order valence-electron chi connectivity index (χ0n) is 22.8. The molecule has 0 aliphatic carbocycles. The number of hydrogen-bond acceptors (Lipinski definition) is 6. The molecule has 8 nitrogen and oxygen atoms in total. The molecule has 1 atom stereocenters. The summed E-state index contributed by atoms with van der Waals surface area (Å²) in [7, 11) is 1.87. The van der Waals surface area contributed by atoms with Crippen LogP contribution in [0.5, 0.6) is 5.75 Å². The van der Waals surface area contributed by atoms with Gasteiger partial charge in [0.25, 0.3) is 0 Å². The van der Waals surface area contributed by atoms with Gasteiger partial charge in [0.2, 0.25) is 5.91 Å². The third-order valence-electron chi connectivity index (χ3n) is 6.96. The molecule has 5 aromatic rings. The van der Waals surface area contributed by atoms with Gasteiger partial charge in [0.05, 0.1) is 36.3 Å². The number of amides is 1. The zero-order chi connectivity index (χ0) is 28.1. The molecule has 0 unspecified atom stereocenters. The number of benzene rings is 1. The van der Waals surface area contributed by atoms with Crippen LogP contribution in [-0.4, -0.2) is 48.0 Å². The van der Waals surface area contributed by atoms with Crippen LogP contribution in [0.2, 0.25) is 0 Å². The van der Waals surface area contributed by atoms with E-state index < -0.39 is 0 Å². The van der Waals surface area contributed by atoms with Crippen molar-refractivity contribution < 1.29 is 13.9 Å². The summed E-state index contributed by atoms with van der Waals surface area (Å²) in [4.78, 5) is 19.4. The van der Waals surface area contributed by atoms with E-state index in [9.17, 15) is 9.18 Å². The third kappa shape index (κ3) is 4.48. The Hall–Kier alpha value is -4.31. The molecule has 10 heteroatoms. The fourth-order valence-corrected chi connectivity index (χ4v) is 6.24. The van der Waals surface area contributed by atoms with Gasteiger partial charge in [0, 0.05) is 52.6 Å². The van der Waals surface area contributed by atoms with Crippen LogP contribution in [0, 0.1) is 5.82 Å². The van der Waals surface area contributed by atoms with Crippen LogP contribution in [0.1, 0.15) is 32.5 Å². The van der Waals surface area contributed by atoms with E-state index in [1.165, 1.54) is 18.2 Å². The second-order valence-electron chi connectivity index (χ2n) is 10.3. The fraction of sp³-hybridized carbons (Fsp3) is 0.267. The SMILES string of the molecule is C=CC(=O)N1Cc2cc(-c3nc(-c4cnn(C)c4)c4ccsc4c3-c3ccc(F)cc3OC(C)C)nn2[C@H](C)C1. The van der Waals surface area contributed by atoms with Crippen molar-refractivity contribution in [2.24, 2.45) is 7.05 Å². The monoisotopic (exact) mass is 556 g/mol. The van der Waals surface area contributed by atoms with Crippen LogP contribution in [0.25, 0.3) is 43.9 Å². The summed E-state index contributed by atoms with van der Waals surface area (Å²) >= 11 is 1.59. The average Bonchev–Trinajstić information content (AvgIpc) is 3.67. The minimum atomic E-state index is -0.374. The van der Waals surface area contributed by atoms with E-state index in [4.69, 9.17) is 14.8 Å². The zero-order valence-corrected chi connectivity index (χ0v) is 23.6. The first kappa shape index (κ1) is 25.9. The Morgan fingerprint density at radius 2 is 2.08 bits per heavy atom. The lowest BCUT2D eigenvalue weighted by molar-refractivity contribution is -0.127. The van der Waals surface area contributed by atoms with Gasteiger partial charge in [-0.3, -0.25) is 14.2 Å². The van der Waals surface area contributed by atoms with E-state index in [-0.39, 0.29) is 23.9 Å². The van der Waals surface area contributed by atoms with E-state index in [0.29, 0.717) is 30.2 Å². The number of aromatic nitrogens is 5. The van der Waals surface area contributed by atoms with Crippen LogP contribution >= 0.6 is 11.3 Å². The van der Waals surface area contributed by atoms with Gasteiger partial charge in [-0.15, -0.1) is 11.3 Å². The van der Waals surface area contributed by atoms with Gasteiger partial charge < -0.3 is 9.64 Å². The lowest BCUT2D eigenvalue weighted by Crippen LogP contribution is -2.39. The van der Waals surface area contributed by atoms with Gasteiger partial charge in [0.1, 0.15) is 23.0 Å². The largest absolute Gasteiger partial charge is 0.490 e. The van der Waals surface area contributed by atoms with E-state index in [2.05, 4.69) is 11.7 Å². The quantitative estimate of drug-likeness (QED) is 0.231. The number of pyridine rings is 1. The molecule has 1 aliphatic rings. The van der Waals surface area contributed by atoms with Crippen molar-refractivity contribution in [1.29, 1.82) is 0 Å². The number of rotatable bonds is 6. The Bertz CT molecular complexity index is 1770. The lowest BCUT2D eigenvalue weighted by Gasteiger charge is -2.31. The fourth-order valence-electron chi connectivity index (χ4n) is 5.28. The Balaban J connectivity index is 1.63. The normalized spacial score (nSPS) is 15.1. The standard InChI is InChI=1S/C30H29FN6O2S/c1-6-26(38)36-14-18(4)37-21(16-36)12-24(34-37)29-27(22-8-7-20(31)11-25(22)39-17(2)3)30-23(9-10-40-30)28(33-29)19-13-32-35(5)15-19/h6-13,15,17-18H,1,14,16H2,2-5H3/t18-/m1/s1. The second kappa shape index (κ2) is 10.0. The van der Waals surface area contributed by atoms with Crippen molar-refractivity contribution >= 4 is 27.3 Å². The number of carbonyl (C=O) groups is 1. The Morgan fingerprint density at radius 3 is 2.80 bits per heavy atom. The molecule has 0 spiro atoms. The minimum Gasteiger partial charge on any atom is -0.490 e. The second-order valence-corrected chi connectivity index (χ2v) is 11.2. The van der Waals surface area contributed by atoms with Crippen molar-refractivity contribution in [1.82, 2.24) is 29.4 Å². The smallest absolute Gasteiger partial charge is 0.246 e. The molecule has 0 saturated heterocycles.